The van der Waals surface area contributed by atoms with Gasteiger partial charge in [0.25, 0.3) is 5.91 Å². The van der Waals surface area contributed by atoms with Crippen LogP contribution in [0.2, 0.25) is 0 Å². The average molecular weight is 387 g/mol. The Hall–Kier alpha value is -3.00. The van der Waals surface area contributed by atoms with Gasteiger partial charge in [-0.05, 0) is 55.0 Å². The van der Waals surface area contributed by atoms with E-state index in [9.17, 15) is 9.18 Å². The fourth-order valence-corrected chi connectivity index (χ4v) is 2.91. The molecule has 140 valence electrons. The first-order valence-electron chi connectivity index (χ1n) is 8.30. The van der Waals surface area contributed by atoms with E-state index < -0.39 is 6.10 Å². The van der Waals surface area contributed by atoms with Gasteiger partial charge in [-0.1, -0.05) is 6.92 Å². The summed E-state index contributed by atoms with van der Waals surface area (Å²) in [6, 6.07) is 12.9. The Bertz CT molecular complexity index is 897. The number of benzene rings is 2. The number of carbonyl (C=O) groups excluding carboxylic acids is 1. The number of amides is 1. The molecular weight excluding hydrogens is 369 g/mol. The SMILES string of the molecule is CCC(Oc1ccc(F)cc1)C(=O)Nc1nc(-c2ccc(OC)cc2)ns1. The summed E-state index contributed by atoms with van der Waals surface area (Å²) in [6.07, 6.45) is -0.267. The Morgan fingerprint density at radius 2 is 1.81 bits per heavy atom. The summed E-state index contributed by atoms with van der Waals surface area (Å²) >= 11 is 1.09. The molecule has 8 heteroatoms. The third kappa shape index (κ3) is 4.79. The molecule has 0 aliphatic carbocycles. The van der Waals surface area contributed by atoms with Crippen LogP contribution in [0.1, 0.15) is 13.3 Å². The second-order valence-corrected chi connectivity index (χ2v) is 6.36. The molecule has 1 heterocycles. The molecule has 0 fully saturated rings. The van der Waals surface area contributed by atoms with Crippen molar-refractivity contribution in [2.24, 2.45) is 0 Å². The highest BCUT2D eigenvalue weighted by molar-refractivity contribution is 7.10. The molecule has 0 aliphatic heterocycles. The Morgan fingerprint density at radius 1 is 1.15 bits per heavy atom. The van der Waals surface area contributed by atoms with Gasteiger partial charge >= 0.3 is 0 Å². The molecule has 1 unspecified atom stereocenters. The van der Waals surface area contributed by atoms with Crippen LogP contribution in [0.5, 0.6) is 11.5 Å². The van der Waals surface area contributed by atoms with E-state index in [4.69, 9.17) is 9.47 Å². The number of aromatic nitrogens is 2. The maximum absolute atomic E-state index is 13.0. The van der Waals surface area contributed by atoms with E-state index in [1.807, 2.05) is 31.2 Å². The first kappa shape index (κ1) is 18.8. The van der Waals surface area contributed by atoms with Crippen molar-refractivity contribution in [1.82, 2.24) is 9.36 Å². The van der Waals surface area contributed by atoms with Crippen molar-refractivity contribution in [1.29, 1.82) is 0 Å². The minimum absolute atomic E-state index is 0.334. The van der Waals surface area contributed by atoms with Crippen LogP contribution < -0.4 is 14.8 Å². The number of halogens is 1. The van der Waals surface area contributed by atoms with Crippen molar-refractivity contribution in [3.63, 3.8) is 0 Å². The lowest BCUT2D eigenvalue weighted by Gasteiger charge is -2.16. The number of rotatable bonds is 7. The molecule has 1 aromatic heterocycles. The van der Waals surface area contributed by atoms with Gasteiger partial charge < -0.3 is 9.47 Å². The van der Waals surface area contributed by atoms with Gasteiger partial charge in [0.05, 0.1) is 7.11 Å². The standard InChI is InChI=1S/C19H18FN3O3S/c1-3-16(26-15-10-6-13(20)7-11-15)18(24)22-19-21-17(23-27-19)12-4-8-14(25-2)9-5-12/h4-11,16H,3H2,1-2H3,(H,21,22,23,24). The van der Waals surface area contributed by atoms with Gasteiger partial charge in [-0.15, -0.1) is 0 Å². The van der Waals surface area contributed by atoms with Crippen molar-refractivity contribution in [3.8, 4) is 22.9 Å². The Labute approximate surface area is 160 Å². The smallest absolute Gasteiger partial charge is 0.267 e. The first-order valence-corrected chi connectivity index (χ1v) is 9.07. The van der Waals surface area contributed by atoms with E-state index in [0.717, 1.165) is 22.8 Å². The molecule has 0 aliphatic rings. The molecular formula is C19H18FN3O3S. The largest absolute Gasteiger partial charge is 0.497 e. The van der Waals surface area contributed by atoms with E-state index in [2.05, 4.69) is 14.7 Å². The molecule has 1 N–H and O–H groups in total. The molecule has 0 saturated heterocycles. The lowest BCUT2D eigenvalue weighted by molar-refractivity contribution is -0.122. The van der Waals surface area contributed by atoms with Crippen LogP contribution in [0, 0.1) is 5.82 Å². The summed E-state index contributed by atoms with van der Waals surface area (Å²) in [5.41, 5.74) is 0.821. The summed E-state index contributed by atoms with van der Waals surface area (Å²) in [4.78, 5) is 16.8. The first-order chi connectivity index (χ1) is 13.1. The van der Waals surface area contributed by atoms with Gasteiger partial charge in [0.2, 0.25) is 5.13 Å². The fraction of sp³-hybridized carbons (Fsp3) is 0.211. The molecule has 3 aromatic rings. The highest BCUT2D eigenvalue weighted by Crippen LogP contribution is 2.24. The Kier molecular flexibility index (Phi) is 5.97. The lowest BCUT2D eigenvalue weighted by Crippen LogP contribution is -2.32. The van der Waals surface area contributed by atoms with Crippen molar-refractivity contribution in [2.45, 2.75) is 19.4 Å². The van der Waals surface area contributed by atoms with Crippen molar-refractivity contribution < 1.29 is 18.7 Å². The zero-order valence-electron chi connectivity index (χ0n) is 14.8. The van der Waals surface area contributed by atoms with Crippen molar-refractivity contribution in [2.75, 3.05) is 12.4 Å². The van der Waals surface area contributed by atoms with Gasteiger partial charge in [0.15, 0.2) is 11.9 Å². The molecule has 0 saturated carbocycles. The normalized spacial score (nSPS) is 11.7. The number of hydrogen-bond acceptors (Lipinski definition) is 6. The maximum Gasteiger partial charge on any atom is 0.267 e. The predicted molar refractivity (Wildman–Crippen MR) is 102 cm³/mol. The average Bonchev–Trinajstić information content (AvgIpc) is 3.16. The molecule has 6 nitrogen and oxygen atoms in total. The molecule has 0 radical (unpaired) electrons. The summed E-state index contributed by atoms with van der Waals surface area (Å²) in [5, 5.41) is 3.10. The highest BCUT2D eigenvalue weighted by Gasteiger charge is 2.20. The van der Waals surface area contributed by atoms with Gasteiger partial charge in [-0.2, -0.15) is 9.36 Å². The van der Waals surface area contributed by atoms with E-state index in [-0.39, 0.29) is 11.7 Å². The number of hydrogen-bond donors (Lipinski definition) is 1. The van der Waals surface area contributed by atoms with E-state index in [1.165, 1.54) is 24.3 Å². The Morgan fingerprint density at radius 3 is 2.44 bits per heavy atom. The molecule has 2 aromatic carbocycles. The number of nitrogens with one attached hydrogen (secondary N) is 1. The number of anilines is 1. The third-order valence-electron chi connectivity index (χ3n) is 3.76. The van der Waals surface area contributed by atoms with Gasteiger partial charge in [0.1, 0.15) is 17.3 Å². The minimum Gasteiger partial charge on any atom is -0.497 e. The zero-order valence-corrected chi connectivity index (χ0v) is 15.6. The summed E-state index contributed by atoms with van der Waals surface area (Å²) in [7, 11) is 1.60. The van der Waals surface area contributed by atoms with Gasteiger partial charge in [-0.3, -0.25) is 10.1 Å². The third-order valence-corrected chi connectivity index (χ3v) is 4.39. The van der Waals surface area contributed by atoms with Gasteiger partial charge in [0, 0.05) is 17.1 Å². The minimum atomic E-state index is -0.719. The second-order valence-electron chi connectivity index (χ2n) is 5.61. The molecule has 0 bridgehead atoms. The van der Waals surface area contributed by atoms with E-state index >= 15 is 0 Å². The fourth-order valence-electron chi connectivity index (χ4n) is 2.32. The molecule has 27 heavy (non-hydrogen) atoms. The van der Waals surface area contributed by atoms with Crippen LogP contribution in [-0.4, -0.2) is 28.5 Å². The predicted octanol–water partition coefficient (Wildman–Crippen LogP) is 4.15. The molecule has 3 rings (SSSR count). The van der Waals surface area contributed by atoms with E-state index in [1.54, 1.807) is 7.11 Å². The second kappa shape index (κ2) is 8.59. The van der Waals surface area contributed by atoms with Crippen LogP contribution in [0.15, 0.2) is 48.5 Å². The molecule has 0 spiro atoms. The van der Waals surface area contributed by atoms with Crippen LogP contribution in [-0.2, 0) is 4.79 Å². The van der Waals surface area contributed by atoms with Crippen LogP contribution >= 0.6 is 11.5 Å². The zero-order chi connectivity index (χ0) is 19.2. The topological polar surface area (TPSA) is 73.3 Å². The summed E-state index contributed by atoms with van der Waals surface area (Å²) in [5.74, 6) is 0.991. The van der Waals surface area contributed by atoms with E-state index in [0.29, 0.717) is 23.1 Å². The monoisotopic (exact) mass is 387 g/mol. The molecule has 1 amide bonds. The maximum atomic E-state index is 13.0. The number of carbonyl (C=O) groups is 1. The van der Waals surface area contributed by atoms with Gasteiger partial charge in [-0.25, -0.2) is 4.39 Å². The van der Waals surface area contributed by atoms with Crippen LogP contribution in [0.25, 0.3) is 11.4 Å². The number of nitrogens with zero attached hydrogens (tertiary/aromatic N) is 2. The van der Waals surface area contributed by atoms with Crippen LogP contribution in [0.3, 0.4) is 0 Å². The van der Waals surface area contributed by atoms with Crippen molar-refractivity contribution in [3.05, 3.63) is 54.3 Å². The summed E-state index contributed by atoms with van der Waals surface area (Å²) in [6.45, 7) is 1.83. The number of methoxy groups -OCH3 is 1. The summed E-state index contributed by atoms with van der Waals surface area (Å²) < 4.78 is 28.0. The van der Waals surface area contributed by atoms with Crippen LogP contribution in [0.4, 0.5) is 9.52 Å². The number of ether oxygens (including phenoxy) is 2. The lowest BCUT2D eigenvalue weighted by atomic mass is 10.2. The highest BCUT2D eigenvalue weighted by atomic mass is 32.1. The van der Waals surface area contributed by atoms with Crippen molar-refractivity contribution >= 4 is 22.6 Å². The quantitative estimate of drug-likeness (QED) is 0.659. The molecule has 1 atom stereocenters. The Balaban J connectivity index is 1.65.